The van der Waals surface area contributed by atoms with Crippen molar-refractivity contribution in [2.24, 2.45) is 5.73 Å². The maximum absolute atomic E-state index is 13.2. The number of carbonyl (C=O) groups is 4. The summed E-state index contributed by atoms with van der Waals surface area (Å²) in [6, 6.07) is 15.8. The van der Waals surface area contributed by atoms with Crippen molar-refractivity contribution in [3.8, 4) is 0 Å². The molecule has 3 unspecified atom stereocenters. The van der Waals surface area contributed by atoms with E-state index in [-0.39, 0.29) is 13.0 Å². The molecule has 9 nitrogen and oxygen atoms in total. The Morgan fingerprint density at radius 2 is 1.56 bits per heavy atom. The summed E-state index contributed by atoms with van der Waals surface area (Å²) >= 11 is 0. The molecule has 34 heavy (non-hydrogen) atoms. The van der Waals surface area contributed by atoms with E-state index >= 15 is 0 Å². The highest BCUT2D eigenvalue weighted by Crippen LogP contribution is 2.19. The van der Waals surface area contributed by atoms with Crippen molar-refractivity contribution in [1.29, 1.82) is 0 Å². The van der Waals surface area contributed by atoms with Crippen molar-refractivity contribution in [3.63, 3.8) is 0 Å². The zero-order valence-electron chi connectivity index (χ0n) is 18.9. The summed E-state index contributed by atoms with van der Waals surface area (Å²) in [6.07, 6.45) is 1.50. The van der Waals surface area contributed by atoms with Crippen LogP contribution in [0.5, 0.6) is 0 Å². The molecule has 1 fully saturated rings. The Balaban J connectivity index is 1.61. The van der Waals surface area contributed by atoms with Crippen LogP contribution in [0, 0.1) is 0 Å². The minimum Gasteiger partial charge on any atom is -0.480 e. The van der Waals surface area contributed by atoms with Gasteiger partial charge in [0.25, 0.3) is 0 Å². The molecule has 1 aliphatic heterocycles. The summed E-state index contributed by atoms with van der Waals surface area (Å²) in [6.45, 7) is -0.0235. The first-order valence-corrected chi connectivity index (χ1v) is 11.3. The largest absolute Gasteiger partial charge is 0.480 e. The van der Waals surface area contributed by atoms with E-state index in [4.69, 9.17) is 5.73 Å². The van der Waals surface area contributed by atoms with E-state index in [0.717, 1.165) is 11.1 Å². The van der Waals surface area contributed by atoms with Crippen molar-refractivity contribution in [2.45, 2.75) is 43.8 Å². The normalized spacial score (nSPS) is 17.0. The smallest absolute Gasteiger partial charge is 0.326 e. The Labute approximate surface area is 198 Å². The number of amides is 3. The van der Waals surface area contributed by atoms with Gasteiger partial charge in [0.15, 0.2) is 0 Å². The molecule has 3 rings (SSSR count). The van der Waals surface area contributed by atoms with Crippen molar-refractivity contribution < 1.29 is 24.3 Å². The van der Waals surface area contributed by atoms with Crippen LogP contribution in [0.15, 0.2) is 60.7 Å². The van der Waals surface area contributed by atoms with Crippen LogP contribution in [-0.4, -0.2) is 64.9 Å². The Bertz CT molecular complexity index is 999. The first kappa shape index (κ1) is 24.9. The minimum absolute atomic E-state index is 0.204. The highest BCUT2D eigenvalue weighted by Gasteiger charge is 2.37. The van der Waals surface area contributed by atoms with E-state index < -0.39 is 41.8 Å². The maximum Gasteiger partial charge on any atom is 0.326 e. The number of nitrogens with two attached hydrogens (primary N) is 1. The minimum atomic E-state index is -1.06. The molecule has 0 aliphatic carbocycles. The molecule has 3 atom stereocenters. The molecule has 1 aliphatic rings. The fourth-order valence-electron chi connectivity index (χ4n) is 4.04. The molecule has 1 saturated heterocycles. The lowest BCUT2D eigenvalue weighted by molar-refractivity contribution is -0.149. The second kappa shape index (κ2) is 11.9. The van der Waals surface area contributed by atoms with Gasteiger partial charge in [-0.2, -0.15) is 0 Å². The monoisotopic (exact) mass is 466 g/mol. The molecule has 9 heteroatoms. The quantitative estimate of drug-likeness (QED) is 0.401. The predicted molar refractivity (Wildman–Crippen MR) is 126 cm³/mol. The van der Waals surface area contributed by atoms with Crippen LogP contribution in [0.1, 0.15) is 24.0 Å². The van der Waals surface area contributed by atoms with Crippen molar-refractivity contribution in [1.82, 2.24) is 15.5 Å². The van der Waals surface area contributed by atoms with Gasteiger partial charge in [-0.05, 0) is 30.4 Å². The van der Waals surface area contributed by atoms with Crippen LogP contribution in [0.2, 0.25) is 0 Å². The van der Waals surface area contributed by atoms with E-state index in [1.807, 2.05) is 60.7 Å². The second-order valence-corrected chi connectivity index (χ2v) is 8.35. The highest BCUT2D eigenvalue weighted by atomic mass is 16.4. The number of hydrogen-bond donors (Lipinski definition) is 4. The van der Waals surface area contributed by atoms with Crippen molar-refractivity contribution in [2.75, 3.05) is 13.1 Å². The topological polar surface area (TPSA) is 142 Å². The fourth-order valence-corrected chi connectivity index (χ4v) is 4.04. The molecule has 0 saturated carbocycles. The standard InChI is InChI=1S/C25H30N4O5/c26-19(14-17-8-3-1-4-9-17)23(31)27-16-22(30)28-20(15-18-10-5-2-6-11-18)24(32)29-13-7-12-21(29)25(33)34/h1-6,8-11,19-21H,7,12-16,26H2,(H,27,31)(H,28,30)(H,33,34). The molecule has 0 radical (unpaired) electrons. The third kappa shape index (κ3) is 6.89. The summed E-state index contributed by atoms with van der Waals surface area (Å²) in [5.74, 6) is -2.54. The molecule has 5 N–H and O–H groups in total. The van der Waals surface area contributed by atoms with Gasteiger partial charge in [0, 0.05) is 13.0 Å². The van der Waals surface area contributed by atoms with Crippen LogP contribution in [0.4, 0.5) is 0 Å². The Morgan fingerprint density at radius 3 is 2.15 bits per heavy atom. The second-order valence-electron chi connectivity index (χ2n) is 8.35. The molecule has 2 aromatic rings. The predicted octanol–water partition coefficient (Wildman–Crippen LogP) is 0.476. The third-order valence-corrected chi connectivity index (χ3v) is 5.80. The lowest BCUT2D eigenvalue weighted by Gasteiger charge is -2.27. The van der Waals surface area contributed by atoms with Gasteiger partial charge in [0.1, 0.15) is 12.1 Å². The Morgan fingerprint density at radius 1 is 0.971 bits per heavy atom. The van der Waals surface area contributed by atoms with Gasteiger partial charge in [-0.25, -0.2) is 4.79 Å². The number of nitrogens with one attached hydrogen (secondary N) is 2. The average molecular weight is 467 g/mol. The molecule has 3 amide bonds. The summed E-state index contributed by atoms with van der Waals surface area (Å²) in [5, 5.41) is 14.6. The van der Waals surface area contributed by atoms with E-state index in [1.54, 1.807) is 0 Å². The molecule has 0 spiro atoms. The fraction of sp³-hybridized carbons (Fsp3) is 0.360. The van der Waals surface area contributed by atoms with Gasteiger partial charge in [-0.3, -0.25) is 14.4 Å². The summed E-state index contributed by atoms with van der Waals surface area (Å²) in [7, 11) is 0. The van der Waals surface area contributed by atoms with Crippen LogP contribution in [0.3, 0.4) is 0 Å². The van der Waals surface area contributed by atoms with E-state index in [0.29, 0.717) is 25.8 Å². The number of carboxylic acid groups (broad SMARTS) is 1. The van der Waals surface area contributed by atoms with Gasteiger partial charge in [-0.1, -0.05) is 60.7 Å². The van der Waals surface area contributed by atoms with Crippen LogP contribution < -0.4 is 16.4 Å². The first-order valence-electron chi connectivity index (χ1n) is 11.3. The highest BCUT2D eigenvalue weighted by molar-refractivity contribution is 5.93. The maximum atomic E-state index is 13.2. The number of aliphatic carboxylic acids is 1. The molecule has 0 bridgehead atoms. The first-order chi connectivity index (χ1) is 16.3. The molecule has 2 aromatic carbocycles. The molecule has 180 valence electrons. The van der Waals surface area contributed by atoms with Crippen LogP contribution in [0.25, 0.3) is 0 Å². The van der Waals surface area contributed by atoms with E-state index in [2.05, 4.69) is 10.6 Å². The van der Waals surface area contributed by atoms with Gasteiger partial charge in [0.05, 0.1) is 12.6 Å². The molecular weight excluding hydrogens is 436 g/mol. The van der Waals surface area contributed by atoms with Crippen LogP contribution in [-0.2, 0) is 32.0 Å². The number of rotatable bonds is 10. The Kier molecular flexibility index (Phi) is 8.75. The Hall–Kier alpha value is -3.72. The lowest BCUT2D eigenvalue weighted by atomic mass is 10.0. The van der Waals surface area contributed by atoms with Gasteiger partial charge in [-0.15, -0.1) is 0 Å². The zero-order valence-corrected chi connectivity index (χ0v) is 18.9. The van der Waals surface area contributed by atoms with Gasteiger partial charge < -0.3 is 26.4 Å². The lowest BCUT2D eigenvalue weighted by Crippen LogP contribution is -2.54. The molecule has 0 aromatic heterocycles. The number of benzene rings is 2. The summed E-state index contributed by atoms with van der Waals surface area (Å²) in [5.41, 5.74) is 7.68. The average Bonchev–Trinajstić information content (AvgIpc) is 3.33. The zero-order chi connectivity index (χ0) is 24.5. The van der Waals surface area contributed by atoms with E-state index in [9.17, 15) is 24.3 Å². The van der Waals surface area contributed by atoms with Gasteiger partial charge in [0.2, 0.25) is 17.7 Å². The number of hydrogen-bond acceptors (Lipinski definition) is 5. The van der Waals surface area contributed by atoms with Gasteiger partial charge >= 0.3 is 5.97 Å². The summed E-state index contributed by atoms with van der Waals surface area (Å²) < 4.78 is 0. The number of likely N-dealkylation sites (tertiary alicyclic amines) is 1. The SMILES string of the molecule is NC(Cc1ccccc1)C(=O)NCC(=O)NC(Cc1ccccc1)C(=O)N1CCCC1C(=O)O. The van der Waals surface area contributed by atoms with E-state index in [1.165, 1.54) is 4.90 Å². The third-order valence-electron chi connectivity index (χ3n) is 5.80. The number of nitrogens with zero attached hydrogens (tertiary/aromatic N) is 1. The van der Waals surface area contributed by atoms with Crippen molar-refractivity contribution >= 4 is 23.7 Å². The number of carbonyl (C=O) groups excluding carboxylic acids is 3. The molecular formula is C25H30N4O5. The number of carboxylic acids is 1. The van der Waals surface area contributed by atoms with Crippen LogP contribution >= 0.6 is 0 Å². The molecule has 1 heterocycles. The van der Waals surface area contributed by atoms with Crippen molar-refractivity contribution in [3.05, 3.63) is 71.8 Å². The summed E-state index contributed by atoms with van der Waals surface area (Å²) in [4.78, 5) is 51.0.